The fourth-order valence-electron chi connectivity index (χ4n) is 3.79. The van der Waals surface area contributed by atoms with Crippen molar-refractivity contribution in [3.8, 4) is 0 Å². The van der Waals surface area contributed by atoms with Gasteiger partial charge in [-0.1, -0.05) is 18.2 Å². The number of rotatable bonds is 2. The summed E-state index contributed by atoms with van der Waals surface area (Å²) in [6, 6.07) is 6.55. The first-order chi connectivity index (χ1) is 12.9. The number of methoxy groups -OCH3 is 1. The van der Waals surface area contributed by atoms with Gasteiger partial charge in [0.05, 0.1) is 18.4 Å². The second kappa shape index (κ2) is 6.87. The van der Waals surface area contributed by atoms with Gasteiger partial charge in [-0.25, -0.2) is 18.4 Å². The highest BCUT2D eigenvalue weighted by molar-refractivity contribution is 5.90. The third kappa shape index (κ3) is 4.18. The zero-order chi connectivity index (χ0) is 20.7. The number of hydrogen-bond acceptors (Lipinski definition) is 4. The molecule has 1 amide bonds. The highest BCUT2D eigenvalue weighted by Crippen LogP contribution is 2.57. The number of amides is 1. The first-order valence-corrected chi connectivity index (χ1v) is 9.24. The van der Waals surface area contributed by atoms with Gasteiger partial charge in [0.2, 0.25) is 5.92 Å². The average molecular weight is 393 g/mol. The molecule has 1 aliphatic carbocycles. The number of hydrogen-bond donors (Lipinski definition) is 0. The van der Waals surface area contributed by atoms with Gasteiger partial charge in [0.15, 0.2) is 0 Å². The molecule has 0 unspecified atom stereocenters. The number of carbonyl (C=O) groups excluding carboxylic acids is 2. The molecule has 1 saturated carbocycles. The Bertz CT molecular complexity index is 801. The second-order valence-corrected chi connectivity index (χ2v) is 8.55. The fourth-order valence-corrected chi connectivity index (χ4v) is 3.79. The van der Waals surface area contributed by atoms with E-state index in [1.807, 2.05) is 0 Å². The van der Waals surface area contributed by atoms with Crippen LogP contribution in [-0.2, 0) is 9.47 Å². The Kier molecular flexibility index (Phi) is 4.98. The van der Waals surface area contributed by atoms with E-state index in [-0.39, 0.29) is 12.8 Å². The minimum absolute atomic E-state index is 0.216. The zero-order valence-electron chi connectivity index (χ0n) is 16.6. The van der Waals surface area contributed by atoms with Crippen molar-refractivity contribution in [3.63, 3.8) is 0 Å². The van der Waals surface area contributed by atoms with Crippen LogP contribution in [0.1, 0.15) is 56.0 Å². The van der Waals surface area contributed by atoms with E-state index in [2.05, 4.69) is 0 Å². The van der Waals surface area contributed by atoms with Crippen molar-refractivity contribution in [2.45, 2.75) is 51.6 Å². The summed E-state index contributed by atoms with van der Waals surface area (Å²) in [5.74, 6) is -3.13. The average Bonchev–Trinajstić information content (AvgIpc) is 2.58. The fraction of sp³-hybridized carbons (Fsp3) is 0.524. The molecule has 0 aromatic heterocycles. The molecule has 1 fully saturated rings. The summed E-state index contributed by atoms with van der Waals surface area (Å²) < 4.78 is 37.3. The van der Waals surface area contributed by atoms with E-state index in [9.17, 15) is 18.4 Å². The molecule has 1 aromatic rings. The van der Waals surface area contributed by atoms with Crippen molar-refractivity contribution in [1.82, 2.24) is 4.90 Å². The van der Waals surface area contributed by atoms with E-state index in [1.54, 1.807) is 51.1 Å². The molecule has 1 aliphatic heterocycles. The number of halogens is 2. The minimum Gasteiger partial charge on any atom is -0.465 e. The number of benzene rings is 1. The molecular formula is C21H25F2NO4. The minimum atomic E-state index is -2.66. The van der Waals surface area contributed by atoms with Gasteiger partial charge in [-0.3, -0.25) is 4.90 Å². The van der Waals surface area contributed by atoms with Crippen LogP contribution in [-0.4, -0.2) is 42.1 Å². The Morgan fingerprint density at radius 3 is 2.21 bits per heavy atom. The largest absolute Gasteiger partial charge is 0.465 e. The molecule has 3 rings (SSSR count). The van der Waals surface area contributed by atoms with Crippen LogP contribution >= 0.6 is 0 Å². The molecule has 1 heterocycles. The summed E-state index contributed by atoms with van der Waals surface area (Å²) in [4.78, 5) is 25.8. The van der Waals surface area contributed by atoms with Crippen molar-refractivity contribution in [3.05, 3.63) is 41.5 Å². The first-order valence-electron chi connectivity index (χ1n) is 9.24. The van der Waals surface area contributed by atoms with Gasteiger partial charge in [-0.05, 0) is 44.9 Å². The van der Waals surface area contributed by atoms with Gasteiger partial charge >= 0.3 is 12.1 Å². The van der Waals surface area contributed by atoms with Gasteiger partial charge in [0.25, 0.3) is 0 Å². The van der Waals surface area contributed by atoms with Crippen molar-refractivity contribution < 1.29 is 27.8 Å². The molecule has 28 heavy (non-hydrogen) atoms. The van der Waals surface area contributed by atoms with E-state index in [1.165, 1.54) is 12.0 Å². The third-order valence-corrected chi connectivity index (χ3v) is 5.00. The van der Waals surface area contributed by atoms with Crippen LogP contribution in [0.3, 0.4) is 0 Å². The van der Waals surface area contributed by atoms with E-state index in [0.29, 0.717) is 29.8 Å². The van der Waals surface area contributed by atoms with Crippen LogP contribution < -0.4 is 0 Å². The molecule has 2 aliphatic rings. The van der Waals surface area contributed by atoms with Gasteiger partial charge < -0.3 is 9.47 Å². The Morgan fingerprint density at radius 1 is 1.11 bits per heavy atom. The number of carbonyl (C=O) groups is 2. The lowest BCUT2D eigenvalue weighted by Crippen LogP contribution is -2.50. The summed E-state index contributed by atoms with van der Waals surface area (Å²) in [6.45, 7) is 5.63. The van der Waals surface area contributed by atoms with Crippen LogP contribution in [0.4, 0.5) is 13.6 Å². The molecule has 152 valence electrons. The summed E-state index contributed by atoms with van der Waals surface area (Å²) in [5, 5.41) is 0. The van der Waals surface area contributed by atoms with Crippen LogP contribution in [0.5, 0.6) is 0 Å². The lowest BCUT2D eigenvalue weighted by atomic mass is 9.62. The maximum absolute atomic E-state index is 13.6. The highest BCUT2D eigenvalue weighted by Gasteiger charge is 2.56. The van der Waals surface area contributed by atoms with Gasteiger partial charge in [-0.15, -0.1) is 0 Å². The van der Waals surface area contributed by atoms with Crippen molar-refractivity contribution in [2.24, 2.45) is 5.41 Å². The van der Waals surface area contributed by atoms with Gasteiger partial charge in [0.1, 0.15) is 5.60 Å². The van der Waals surface area contributed by atoms with Crippen LogP contribution in [0.2, 0.25) is 0 Å². The maximum atomic E-state index is 13.6. The van der Waals surface area contributed by atoms with Crippen molar-refractivity contribution >= 4 is 17.8 Å². The standard InChI is InChI=1S/C21H25F2NO4/c1-19(2,3)28-18(26)24-10-9-20(12-21(22,23)13-20)11-16(24)14-5-7-15(8-6-14)17(25)27-4/h5-8,11H,9-10,12-13H2,1-4H3. The van der Waals surface area contributed by atoms with E-state index in [4.69, 9.17) is 9.47 Å². The molecule has 0 N–H and O–H groups in total. The Hall–Kier alpha value is -2.44. The Morgan fingerprint density at radius 2 is 1.71 bits per heavy atom. The predicted molar refractivity (Wildman–Crippen MR) is 99.9 cm³/mol. The zero-order valence-corrected chi connectivity index (χ0v) is 16.6. The Balaban J connectivity index is 1.94. The number of nitrogens with zero attached hydrogens (tertiary/aromatic N) is 1. The van der Waals surface area contributed by atoms with E-state index < -0.39 is 29.0 Å². The van der Waals surface area contributed by atoms with Crippen LogP contribution in [0.15, 0.2) is 30.3 Å². The maximum Gasteiger partial charge on any atom is 0.414 e. The molecule has 0 saturated heterocycles. The molecule has 5 nitrogen and oxygen atoms in total. The van der Waals surface area contributed by atoms with Crippen LogP contribution in [0, 0.1) is 5.41 Å². The number of allylic oxidation sites excluding steroid dienone is 1. The quantitative estimate of drug-likeness (QED) is 0.673. The number of esters is 1. The normalized spacial score (nSPS) is 20.2. The third-order valence-electron chi connectivity index (χ3n) is 5.00. The summed E-state index contributed by atoms with van der Waals surface area (Å²) in [5.41, 5.74) is 0.282. The monoisotopic (exact) mass is 393 g/mol. The van der Waals surface area contributed by atoms with E-state index >= 15 is 0 Å². The van der Waals surface area contributed by atoms with Crippen molar-refractivity contribution in [2.75, 3.05) is 13.7 Å². The summed E-state index contributed by atoms with van der Waals surface area (Å²) in [6.07, 6.45) is 1.28. The SMILES string of the molecule is COC(=O)c1ccc(C2=CC3(CCN2C(=O)OC(C)(C)C)CC(F)(F)C3)cc1. The molecule has 7 heteroatoms. The van der Waals surface area contributed by atoms with Gasteiger partial charge in [0, 0.05) is 24.8 Å². The highest BCUT2D eigenvalue weighted by atomic mass is 19.3. The Labute approximate surface area is 163 Å². The van der Waals surface area contributed by atoms with Gasteiger partial charge in [-0.2, -0.15) is 0 Å². The second-order valence-electron chi connectivity index (χ2n) is 8.55. The van der Waals surface area contributed by atoms with Crippen molar-refractivity contribution in [1.29, 1.82) is 0 Å². The predicted octanol–water partition coefficient (Wildman–Crippen LogP) is 4.87. The smallest absolute Gasteiger partial charge is 0.414 e. The molecular weight excluding hydrogens is 368 g/mol. The van der Waals surface area contributed by atoms with E-state index in [0.717, 1.165) is 0 Å². The lowest BCUT2D eigenvalue weighted by molar-refractivity contribution is -0.146. The molecule has 1 spiro atoms. The topological polar surface area (TPSA) is 55.8 Å². The summed E-state index contributed by atoms with van der Waals surface area (Å²) >= 11 is 0. The molecule has 1 aromatic carbocycles. The summed E-state index contributed by atoms with van der Waals surface area (Å²) in [7, 11) is 1.30. The molecule has 0 atom stereocenters. The number of ether oxygens (including phenoxy) is 2. The lowest BCUT2D eigenvalue weighted by Gasteiger charge is -2.49. The van der Waals surface area contributed by atoms with Crippen LogP contribution in [0.25, 0.3) is 5.70 Å². The first kappa shape index (κ1) is 20.3. The number of alkyl halides is 2. The molecule has 0 bridgehead atoms. The molecule has 0 radical (unpaired) electrons.